The van der Waals surface area contributed by atoms with Crippen molar-refractivity contribution in [3.05, 3.63) is 29.8 Å². The highest BCUT2D eigenvalue weighted by Gasteiger charge is 2.62. The van der Waals surface area contributed by atoms with Crippen molar-refractivity contribution in [2.24, 2.45) is 0 Å². The third-order valence-corrected chi connectivity index (χ3v) is 6.60. The Morgan fingerprint density at radius 3 is 2.48 bits per heavy atom. The van der Waals surface area contributed by atoms with Gasteiger partial charge in [0, 0.05) is 21.1 Å². The van der Waals surface area contributed by atoms with Crippen molar-refractivity contribution in [3.63, 3.8) is 0 Å². The predicted octanol–water partition coefficient (Wildman–Crippen LogP) is 3.41. The summed E-state index contributed by atoms with van der Waals surface area (Å²) in [6.07, 6.45) is -0.730. The molecule has 3 atom stereocenters. The fourth-order valence-electron chi connectivity index (χ4n) is 2.82. The molecular formula is C20H31NO7Si. The average Bonchev–Trinajstić information content (AvgIpc) is 3.36. The Hall–Kier alpha value is -2.10. The van der Waals surface area contributed by atoms with Crippen LogP contribution in [0.2, 0.25) is 25.7 Å². The van der Waals surface area contributed by atoms with Crippen molar-refractivity contribution in [1.82, 2.24) is 5.32 Å². The molecule has 1 aliphatic rings. The van der Waals surface area contributed by atoms with E-state index in [1.54, 1.807) is 38.3 Å². The van der Waals surface area contributed by atoms with Gasteiger partial charge in [0.05, 0.1) is 6.61 Å². The van der Waals surface area contributed by atoms with E-state index < -0.39 is 25.7 Å². The maximum absolute atomic E-state index is 12.1. The van der Waals surface area contributed by atoms with Gasteiger partial charge in [-0.05, 0) is 37.1 Å². The van der Waals surface area contributed by atoms with Gasteiger partial charge in [0.15, 0.2) is 13.1 Å². The van der Waals surface area contributed by atoms with Gasteiger partial charge < -0.3 is 29.4 Å². The molecule has 2 N–H and O–H groups in total. The molecule has 0 aliphatic heterocycles. The Bertz CT molecular complexity index is 704. The van der Waals surface area contributed by atoms with Crippen LogP contribution in [-0.4, -0.2) is 57.6 Å². The summed E-state index contributed by atoms with van der Waals surface area (Å²) in [6.45, 7) is 8.65. The highest BCUT2D eigenvalue weighted by atomic mass is 28.3. The van der Waals surface area contributed by atoms with E-state index in [1.165, 1.54) is 0 Å². The van der Waals surface area contributed by atoms with Gasteiger partial charge >= 0.3 is 12.1 Å². The number of methoxy groups -OCH3 is 1. The molecule has 0 bridgehead atoms. The molecule has 9 heteroatoms. The summed E-state index contributed by atoms with van der Waals surface area (Å²) in [5.74, 6) is -0.785. The van der Waals surface area contributed by atoms with Crippen LogP contribution in [0, 0.1) is 0 Å². The van der Waals surface area contributed by atoms with E-state index in [9.17, 15) is 14.7 Å². The normalized spacial score (nSPS) is 21.9. The van der Waals surface area contributed by atoms with Gasteiger partial charge in [-0.15, -0.1) is 0 Å². The highest BCUT2D eigenvalue weighted by Crippen LogP contribution is 2.52. The Balaban J connectivity index is 1.90. The lowest BCUT2D eigenvalue weighted by atomic mass is 10.1. The molecule has 1 fully saturated rings. The molecule has 0 saturated heterocycles. The number of hydrogen-bond acceptors (Lipinski definition) is 6. The van der Waals surface area contributed by atoms with Crippen molar-refractivity contribution in [1.29, 1.82) is 0 Å². The van der Waals surface area contributed by atoms with E-state index in [0.29, 0.717) is 18.8 Å². The number of carbonyl (C=O) groups is 2. The third kappa shape index (κ3) is 6.72. The van der Waals surface area contributed by atoms with Crippen molar-refractivity contribution in [2.75, 3.05) is 20.5 Å². The van der Waals surface area contributed by atoms with Crippen molar-refractivity contribution in [2.45, 2.75) is 56.8 Å². The number of ether oxygens (including phenoxy) is 4. The minimum absolute atomic E-state index is 0.0433. The molecule has 1 aromatic rings. The Labute approximate surface area is 172 Å². The van der Waals surface area contributed by atoms with E-state index in [0.717, 1.165) is 11.6 Å². The molecule has 1 aromatic carbocycles. The summed E-state index contributed by atoms with van der Waals surface area (Å²) in [7, 11) is 0.214. The summed E-state index contributed by atoms with van der Waals surface area (Å²) >= 11 is 0. The van der Waals surface area contributed by atoms with Crippen LogP contribution in [0.3, 0.4) is 0 Å². The Morgan fingerprint density at radius 1 is 1.28 bits per heavy atom. The zero-order valence-corrected chi connectivity index (χ0v) is 18.7. The van der Waals surface area contributed by atoms with Crippen molar-refractivity contribution >= 4 is 20.1 Å². The van der Waals surface area contributed by atoms with Gasteiger partial charge in [-0.2, -0.15) is 0 Å². The predicted molar refractivity (Wildman–Crippen MR) is 110 cm³/mol. The first-order valence-corrected chi connectivity index (χ1v) is 13.3. The van der Waals surface area contributed by atoms with E-state index >= 15 is 0 Å². The number of hydrogen-bond donors (Lipinski definition) is 2. The molecule has 1 aliphatic carbocycles. The van der Waals surface area contributed by atoms with Crippen LogP contribution >= 0.6 is 0 Å². The lowest BCUT2D eigenvalue weighted by Crippen LogP contribution is -2.45. The van der Waals surface area contributed by atoms with Gasteiger partial charge in [-0.1, -0.05) is 31.8 Å². The number of amides is 1. The number of alkyl carbamates (subject to hydrolysis) is 1. The molecular weight excluding hydrogens is 394 g/mol. The second kappa shape index (κ2) is 9.60. The monoisotopic (exact) mass is 425 g/mol. The van der Waals surface area contributed by atoms with Gasteiger partial charge in [0.2, 0.25) is 0 Å². The second-order valence-electron chi connectivity index (χ2n) is 8.41. The third-order valence-electron chi connectivity index (χ3n) is 4.90. The fourth-order valence-corrected chi connectivity index (χ4v) is 3.54. The van der Waals surface area contributed by atoms with Gasteiger partial charge in [0.1, 0.15) is 11.3 Å². The van der Waals surface area contributed by atoms with Gasteiger partial charge in [0.25, 0.3) is 0 Å². The van der Waals surface area contributed by atoms with E-state index in [1.807, 2.05) is 0 Å². The molecule has 1 saturated carbocycles. The number of nitrogens with one attached hydrogen (secondary N) is 1. The zero-order valence-electron chi connectivity index (χ0n) is 17.7. The maximum atomic E-state index is 12.1. The standard InChI is InChI=1S/C20H31NO7Si/c1-14(25-2)27-13-28-16-8-6-15(7-9-16)17-12-20(17,18(22)23)21-19(24)26-10-11-29(3,4)5/h6-9,14,17H,10-13H2,1-5H3,(H,21,24)(H,22,23)/t14?,17-,20-/m0/s1. The largest absolute Gasteiger partial charge is 0.479 e. The number of carboxylic acid groups (broad SMARTS) is 1. The molecule has 0 aromatic heterocycles. The summed E-state index contributed by atoms with van der Waals surface area (Å²) in [5, 5.41) is 12.2. The topological polar surface area (TPSA) is 103 Å². The van der Waals surface area contributed by atoms with Crippen LogP contribution in [0.25, 0.3) is 0 Å². The van der Waals surface area contributed by atoms with Gasteiger partial charge in [-0.25, -0.2) is 9.59 Å². The Morgan fingerprint density at radius 2 is 1.93 bits per heavy atom. The van der Waals surface area contributed by atoms with E-state index in [-0.39, 0.29) is 19.0 Å². The molecule has 0 radical (unpaired) electrons. The summed E-state index contributed by atoms with van der Waals surface area (Å²) in [5.41, 5.74) is -0.511. The van der Waals surface area contributed by atoms with Crippen molar-refractivity contribution < 1.29 is 33.6 Å². The van der Waals surface area contributed by atoms with Crippen LogP contribution in [0.15, 0.2) is 24.3 Å². The number of carbonyl (C=O) groups excluding carboxylic acids is 1. The fraction of sp³-hybridized carbons (Fsp3) is 0.600. The molecule has 29 heavy (non-hydrogen) atoms. The molecule has 1 amide bonds. The zero-order chi connectivity index (χ0) is 21.7. The first kappa shape index (κ1) is 23.2. The lowest BCUT2D eigenvalue weighted by molar-refractivity contribution is -0.149. The number of rotatable bonds is 11. The first-order chi connectivity index (χ1) is 13.6. The molecule has 8 nitrogen and oxygen atoms in total. The minimum atomic E-state index is -1.33. The summed E-state index contributed by atoms with van der Waals surface area (Å²) in [4.78, 5) is 23.9. The number of benzene rings is 1. The SMILES string of the molecule is COC(C)OCOc1ccc([C@@H]2C[C@@]2(NC(=O)OCC[Si](C)(C)C)C(=O)O)cc1. The molecule has 162 valence electrons. The number of aliphatic carboxylic acids is 1. The minimum Gasteiger partial charge on any atom is -0.479 e. The molecule has 0 spiro atoms. The second-order valence-corrected chi connectivity index (χ2v) is 14.0. The van der Waals surface area contributed by atoms with E-state index in [4.69, 9.17) is 18.9 Å². The van der Waals surface area contributed by atoms with Crippen molar-refractivity contribution in [3.8, 4) is 5.75 Å². The van der Waals surface area contributed by atoms with Crippen LogP contribution < -0.4 is 10.1 Å². The quantitative estimate of drug-likeness (QED) is 0.414. The lowest BCUT2D eigenvalue weighted by Gasteiger charge is -2.18. The number of carboxylic acids is 1. The van der Waals surface area contributed by atoms with E-state index in [2.05, 4.69) is 25.0 Å². The maximum Gasteiger partial charge on any atom is 0.408 e. The summed E-state index contributed by atoms with van der Waals surface area (Å²) < 4.78 is 20.9. The smallest absolute Gasteiger partial charge is 0.408 e. The van der Waals surface area contributed by atoms with Crippen LogP contribution in [-0.2, 0) is 19.0 Å². The van der Waals surface area contributed by atoms with Gasteiger partial charge in [-0.3, -0.25) is 0 Å². The first-order valence-electron chi connectivity index (χ1n) is 9.63. The Kier molecular flexibility index (Phi) is 7.67. The molecule has 1 unspecified atom stereocenters. The highest BCUT2D eigenvalue weighted by molar-refractivity contribution is 6.76. The van der Waals surface area contributed by atoms with Crippen LogP contribution in [0.5, 0.6) is 5.75 Å². The molecule has 0 heterocycles. The average molecular weight is 426 g/mol. The molecule has 2 rings (SSSR count). The van der Waals surface area contributed by atoms with Crippen LogP contribution in [0.1, 0.15) is 24.8 Å². The summed E-state index contributed by atoms with van der Waals surface area (Å²) in [6, 6.07) is 7.91. The van der Waals surface area contributed by atoms with Crippen LogP contribution in [0.4, 0.5) is 4.79 Å².